The quantitative estimate of drug-likeness (QED) is 0.431. The van der Waals surface area contributed by atoms with E-state index in [1.165, 1.54) is 16.3 Å². The van der Waals surface area contributed by atoms with Crippen molar-refractivity contribution in [1.82, 2.24) is 0 Å². The van der Waals surface area contributed by atoms with Gasteiger partial charge in [0.2, 0.25) is 5.91 Å². The number of hydrogen-bond donors (Lipinski definition) is 0. The van der Waals surface area contributed by atoms with Gasteiger partial charge in [-0.3, -0.25) is 4.79 Å². The molecule has 0 fully saturated rings. The largest absolute Gasteiger partial charge is 0.489 e. The van der Waals surface area contributed by atoms with Crippen LogP contribution in [0, 0.1) is 0 Å². The zero-order chi connectivity index (χ0) is 20.5. The molecular weight excluding hydrogens is 370 g/mol. The van der Waals surface area contributed by atoms with E-state index in [4.69, 9.17) is 4.74 Å². The van der Waals surface area contributed by atoms with Crippen LogP contribution in [0.2, 0.25) is 0 Å². The van der Waals surface area contributed by atoms with Gasteiger partial charge >= 0.3 is 0 Å². The molecule has 148 valence electrons. The van der Waals surface area contributed by atoms with Gasteiger partial charge in [-0.25, -0.2) is 0 Å². The molecule has 1 heterocycles. The lowest BCUT2D eigenvalue weighted by molar-refractivity contribution is -0.118. The highest BCUT2D eigenvalue weighted by molar-refractivity contribution is 6.02. The Kier molecular flexibility index (Phi) is 4.72. The van der Waals surface area contributed by atoms with Crippen LogP contribution in [0.25, 0.3) is 10.8 Å². The summed E-state index contributed by atoms with van der Waals surface area (Å²) in [4.78, 5) is 14.5. The maximum absolute atomic E-state index is 12.7. The molecule has 0 radical (unpaired) electrons. The van der Waals surface area contributed by atoms with Crippen LogP contribution in [0.1, 0.15) is 29.0 Å². The van der Waals surface area contributed by atoms with E-state index in [0.29, 0.717) is 13.0 Å². The minimum Gasteiger partial charge on any atom is -0.489 e. The summed E-state index contributed by atoms with van der Waals surface area (Å²) in [5, 5.41) is 2.41. The number of fused-ring (bicyclic) bond motifs is 3. The van der Waals surface area contributed by atoms with Gasteiger partial charge in [0.15, 0.2) is 0 Å². The zero-order valence-corrected chi connectivity index (χ0v) is 16.9. The maximum Gasteiger partial charge on any atom is 0.227 e. The molecule has 5 rings (SSSR count). The number of carbonyl (C=O) groups excluding carboxylic acids is 1. The first-order valence-electron chi connectivity index (χ1n) is 10.3. The van der Waals surface area contributed by atoms with E-state index in [1.54, 1.807) is 4.90 Å². The Morgan fingerprint density at radius 1 is 0.867 bits per heavy atom. The lowest BCUT2D eigenvalue weighted by Gasteiger charge is -2.33. The highest BCUT2D eigenvalue weighted by Crippen LogP contribution is 2.43. The summed E-state index contributed by atoms with van der Waals surface area (Å²) in [5.74, 6) is 1.02. The highest BCUT2D eigenvalue weighted by atomic mass is 16.5. The van der Waals surface area contributed by atoms with Gasteiger partial charge in [-0.15, -0.1) is 0 Å². The average molecular weight is 393 g/mol. The number of amides is 1. The van der Waals surface area contributed by atoms with Gasteiger partial charge in [0.1, 0.15) is 12.4 Å². The monoisotopic (exact) mass is 393 g/mol. The van der Waals surface area contributed by atoms with Crippen LogP contribution < -0.4 is 9.64 Å². The zero-order valence-electron chi connectivity index (χ0n) is 16.9. The van der Waals surface area contributed by atoms with Crippen LogP contribution in [0.3, 0.4) is 0 Å². The van der Waals surface area contributed by atoms with Gasteiger partial charge in [0, 0.05) is 25.1 Å². The second-order valence-corrected chi connectivity index (χ2v) is 7.77. The third-order valence-electron chi connectivity index (χ3n) is 5.94. The molecule has 3 heteroatoms. The molecule has 3 nitrogen and oxygen atoms in total. The Morgan fingerprint density at radius 2 is 1.60 bits per heavy atom. The van der Waals surface area contributed by atoms with Gasteiger partial charge in [-0.05, 0) is 45.7 Å². The van der Waals surface area contributed by atoms with E-state index in [2.05, 4.69) is 60.7 Å². The first kappa shape index (κ1) is 18.4. The van der Waals surface area contributed by atoms with Crippen molar-refractivity contribution in [3.8, 4) is 5.75 Å². The van der Waals surface area contributed by atoms with Gasteiger partial charge in [-0.1, -0.05) is 72.8 Å². The number of carbonyl (C=O) groups is 1. The van der Waals surface area contributed by atoms with Crippen LogP contribution in [0.5, 0.6) is 5.75 Å². The van der Waals surface area contributed by atoms with Crippen molar-refractivity contribution >= 4 is 22.4 Å². The van der Waals surface area contributed by atoms with Crippen LogP contribution in [0.4, 0.5) is 5.69 Å². The summed E-state index contributed by atoms with van der Waals surface area (Å²) in [6.07, 6.45) is 0.474. The SMILES string of the molecule is CN1C(=O)CC(c2ccc(OCc3ccccc3)cc2)c2c1ccc1ccccc21. The summed E-state index contributed by atoms with van der Waals surface area (Å²) < 4.78 is 5.94. The number of anilines is 1. The van der Waals surface area contributed by atoms with Crippen molar-refractivity contribution in [1.29, 1.82) is 0 Å². The van der Waals surface area contributed by atoms with E-state index in [9.17, 15) is 4.79 Å². The first-order chi connectivity index (χ1) is 14.7. The van der Waals surface area contributed by atoms with Gasteiger partial charge in [0.05, 0.1) is 0 Å². The maximum atomic E-state index is 12.7. The predicted octanol–water partition coefficient (Wildman–Crippen LogP) is 5.92. The Labute approximate surface area is 176 Å². The minimum atomic E-state index is 0.0398. The van der Waals surface area contributed by atoms with Crippen molar-refractivity contribution in [3.05, 3.63) is 108 Å². The first-order valence-corrected chi connectivity index (χ1v) is 10.3. The third-order valence-corrected chi connectivity index (χ3v) is 5.94. The van der Waals surface area contributed by atoms with Crippen molar-refractivity contribution in [2.24, 2.45) is 0 Å². The van der Waals surface area contributed by atoms with Crippen LogP contribution in [0.15, 0.2) is 91.0 Å². The summed E-state index contributed by atoms with van der Waals surface area (Å²) in [5.41, 5.74) is 4.51. The van der Waals surface area contributed by atoms with E-state index in [0.717, 1.165) is 22.6 Å². The summed E-state index contributed by atoms with van der Waals surface area (Å²) >= 11 is 0. The molecule has 0 aromatic heterocycles. The Bertz CT molecular complexity index is 1200. The molecule has 4 aromatic rings. The summed E-state index contributed by atoms with van der Waals surface area (Å²) in [6, 6.07) is 30.9. The third kappa shape index (κ3) is 3.33. The van der Waals surface area contributed by atoms with Crippen molar-refractivity contribution in [2.45, 2.75) is 18.9 Å². The molecule has 0 saturated carbocycles. The smallest absolute Gasteiger partial charge is 0.227 e. The van der Waals surface area contributed by atoms with E-state index < -0.39 is 0 Å². The molecule has 1 aliphatic rings. The van der Waals surface area contributed by atoms with Gasteiger partial charge in [-0.2, -0.15) is 0 Å². The predicted molar refractivity (Wildman–Crippen MR) is 121 cm³/mol. The Hall–Kier alpha value is -3.59. The number of hydrogen-bond acceptors (Lipinski definition) is 2. The molecule has 0 aliphatic carbocycles. The van der Waals surface area contributed by atoms with Crippen LogP contribution in [-0.4, -0.2) is 13.0 Å². The molecule has 1 atom stereocenters. The highest BCUT2D eigenvalue weighted by Gasteiger charge is 2.31. The molecule has 0 saturated heterocycles. The molecular formula is C27H23NO2. The molecule has 1 aliphatic heterocycles. The number of ether oxygens (including phenoxy) is 1. The van der Waals surface area contributed by atoms with Crippen LogP contribution >= 0.6 is 0 Å². The Balaban J connectivity index is 1.48. The average Bonchev–Trinajstić information content (AvgIpc) is 2.80. The second kappa shape index (κ2) is 7.68. The fourth-order valence-electron chi connectivity index (χ4n) is 4.31. The topological polar surface area (TPSA) is 29.5 Å². The molecule has 1 unspecified atom stereocenters. The fraction of sp³-hybridized carbons (Fsp3) is 0.148. The number of benzene rings is 4. The van der Waals surface area contributed by atoms with E-state index in [1.807, 2.05) is 37.4 Å². The van der Waals surface area contributed by atoms with E-state index in [-0.39, 0.29) is 11.8 Å². The second-order valence-electron chi connectivity index (χ2n) is 7.77. The van der Waals surface area contributed by atoms with Crippen molar-refractivity contribution in [3.63, 3.8) is 0 Å². The van der Waals surface area contributed by atoms with Gasteiger partial charge < -0.3 is 9.64 Å². The molecule has 30 heavy (non-hydrogen) atoms. The summed E-state index contributed by atoms with van der Waals surface area (Å²) in [7, 11) is 1.87. The lowest BCUT2D eigenvalue weighted by atomic mass is 9.81. The molecule has 1 amide bonds. The molecule has 0 N–H and O–H groups in total. The number of rotatable bonds is 4. The van der Waals surface area contributed by atoms with Crippen LogP contribution in [-0.2, 0) is 11.4 Å². The minimum absolute atomic E-state index is 0.0398. The normalized spacial score (nSPS) is 15.8. The van der Waals surface area contributed by atoms with E-state index >= 15 is 0 Å². The standard InChI is InChI=1S/C27H23NO2/c1-28-25-16-13-20-9-5-6-10-23(20)27(25)24(17-26(28)29)21-11-14-22(15-12-21)30-18-19-7-3-2-4-8-19/h2-16,24H,17-18H2,1H3. The fourth-order valence-corrected chi connectivity index (χ4v) is 4.31. The molecule has 0 bridgehead atoms. The van der Waals surface area contributed by atoms with Crippen molar-refractivity contribution in [2.75, 3.05) is 11.9 Å². The van der Waals surface area contributed by atoms with Gasteiger partial charge in [0.25, 0.3) is 0 Å². The number of nitrogens with zero attached hydrogens (tertiary/aromatic N) is 1. The lowest BCUT2D eigenvalue weighted by Crippen LogP contribution is -2.33. The summed E-state index contributed by atoms with van der Waals surface area (Å²) in [6.45, 7) is 0.542. The molecule has 4 aromatic carbocycles. The Morgan fingerprint density at radius 3 is 2.40 bits per heavy atom. The van der Waals surface area contributed by atoms with Crippen molar-refractivity contribution < 1.29 is 9.53 Å². The molecule has 0 spiro atoms.